The third-order valence-corrected chi connectivity index (χ3v) is 4.76. The minimum atomic E-state index is -0.200. The summed E-state index contributed by atoms with van der Waals surface area (Å²) in [5.41, 5.74) is 1.87. The fourth-order valence-electron chi connectivity index (χ4n) is 2.74. The molecule has 2 unspecified atom stereocenters. The van der Waals surface area contributed by atoms with Gasteiger partial charge in [-0.15, -0.1) is 0 Å². The number of hydrogen-bond acceptors (Lipinski definition) is 5. The number of nitrogens with one attached hydrogen (secondary N) is 1. The van der Waals surface area contributed by atoms with Gasteiger partial charge in [0.25, 0.3) is 0 Å². The highest BCUT2D eigenvalue weighted by molar-refractivity contribution is 5.58. The van der Waals surface area contributed by atoms with Gasteiger partial charge in [-0.3, -0.25) is 0 Å². The molecule has 32 heavy (non-hydrogen) atoms. The van der Waals surface area contributed by atoms with Crippen molar-refractivity contribution in [1.29, 1.82) is 0 Å². The summed E-state index contributed by atoms with van der Waals surface area (Å²) in [4.78, 5) is 18.9. The molecule has 0 radical (unpaired) electrons. The molecule has 0 aliphatic heterocycles. The van der Waals surface area contributed by atoms with Crippen molar-refractivity contribution in [3.05, 3.63) is 83.9 Å². The van der Waals surface area contributed by atoms with Gasteiger partial charge in [-0.1, -0.05) is 25.1 Å². The van der Waals surface area contributed by atoms with Gasteiger partial charge in [0.2, 0.25) is 0 Å². The first kappa shape index (κ1) is 24.9. The van der Waals surface area contributed by atoms with Gasteiger partial charge >= 0.3 is 0 Å². The Kier molecular flexibility index (Phi) is 10.2. The van der Waals surface area contributed by atoms with Gasteiger partial charge < -0.3 is 14.8 Å². The number of rotatable bonds is 6. The molecule has 3 aromatic rings. The minimum absolute atomic E-state index is 0.178. The molecule has 1 aliphatic carbocycles. The number of carbonyl (C=O) groups is 1. The van der Waals surface area contributed by atoms with E-state index in [-0.39, 0.29) is 17.6 Å². The highest BCUT2D eigenvalue weighted by Crippen LogP contribution is 2.36. The Morgan fingerprint density at radius 3 is 2.25 bits per heavy atom. The third-order valence-electron chi connectivity index (χ3n) is 4.76. The smallest absolute Gasteiger partial charge is 0.159 e. The number of hydrogen-bond donors (Lipinski definition) is 1. The predicted molar refractivity (Wildman–Crippen MR) is 122 cm³/mol. The van der Waals surface area contributed by atoms with E-state index in [9.17, 15) is 13.6 Å². The predicted octanol–water partition coefficient (Wildman–Crippen LogP) is 5.25. The summed E-state index contributed by atoms with van der Waals surface area (Å²) in [6, 6.07) is 14.2. The van der Waals surface area contributed by atoms with Gasteiger partial charge in [0, 0.05) is 24.6 Å². The number of carbonyl (C=O) groups excluding carboxylic acids is 1. The second-order valence-corrected chi connectivity index (χ2v) is 7.24. The van der Waals surface area contributed by atoms with Crippen LogP contribution in [-0.2, 0) is 11.2 Å². The van der Waals surface area contributed by atoms with E-state index in [1.165, 1.54) is 24.3 Å². The van der Waals surface area contributed by atoms with Crippen LogP contribution in [0.1, 0.15) is 24.9 Å². The number of aldehydes is 1. The molecule has 1 fully saturated rings. The molecule has 1 N–H and O–H groups in total. The number of nitrogens with zero attached hydrogens (tertiary/aromatic N) is 2. The van der Waals surface area contributed by atoms with Gasteiger partial charge in [-0.25, -0.2) is 18.7 Å². The van der Waals surface area contributed by atoms with Crippen LogP contribution >= 0.6 is 0 Å². The fraction of sp³-hybridized carbons (Fsp3) is 0.320. The van der Waals surface area contributed by atoms with Crippen molar-refractivity contribution in [1.82, 2.24) is 9.97 Å². The molecular weight excluding hydrogens is 412 g/mol. The Balaban J connectivity index is 0.000000191. The SMILES string of the molecule is CCc1nc(C)ncc1OCC1CC1C=O.CNc1ccc(F)cc1.Fc1ccccc1. The van der Waals surface area contributed by atoms with E-state index < -0.39 is 0 Å². The Hall–Kier alpha value is -3.35. The Morgan fingerprint density at radius 1 is 1.09 bits per heavy atom. The van der Waals surface area contributed by atoms with E-state index in [1.807, 2.05) is 13.8 Å². The third kappa shape index (κ3) is 8.79. The molecule has 0 bridgehead atoms. The molecule has 5 nitrogen and oxygen atoms in total. The normalized spacial score (nSPS) is 15.9. The molecule has 0 amide bonds. The van der Waals surface area contributed by atoms with Crippen molar-refractivity contribution in [3.8, 4) is 5.75 Å². The maximum atomic E-state index is 12.2. The van der Waals surface area contributed by atoms with E-state index in [1.54, 1.807) is 43.6 Å². The molecular formula is C25H29F2N3O2. The lowest BCUT2D eigenvalue weighted by Gasteiger charge is -2.09. The standard InChI is InChI=1S/C12H16N2O2.C7H8FN.C6H5F/c1-3-11-12(5-13-8(2)14-11)16-7-10-4-9(10)6-15;1-9-7-4-2-6(8)3-5-7;7-6-4-2-1-3-5-6/h5-6,9-10H,3-4,7H2,1-2H3;2-5,9H,1H3;1-5H. The maximum Gasteiger partial charge on any atom is 0.159 e. The number of benzene rings is 2. The minimum Gasteiger partial charge on any atom is -0.490 e. The second-order valence-electron chi connectivity index (χ2n) is 7.24. The average molecular weight is 442 g/mol. The van der Waals surface area contributed by atoms with Gasteiger partial charge in [0.15, 0.2) is 5.75 Å². The zero-order chi connectivity index (χ0) is 23.3. The number of ether oxygens (including phenoxy) is 1. The molecule has 1 aromatic heterocycles. The van der Waals surface area contributed by atoms with E-state index in [0.717, 1.165) is 42.1 Å². The van der Waals surface area contributed by atoms with Crippen LogP contribution in [0.25, 0.3) is 0 Å². The number of aryl methyl sites for hydroxylation is 2. The van der Waals surface area contributed by atoms with Crippen LogP contribution in [0.4, 0.5) is 14.5 Å². The Morgan fingerprint density at radius 2 is 1.75 bits per heavy atom. The van der Waals surface area contributed by atoms with Gasteiger partial charge in [-0.05, 0) is 56.2 Å². The quantitative estimate of drug-likeness (QED) is 0.529. The molecule has 1 aliphatic rings. The van der Waals surface area contributed by atoms with Crippen molar-refractivity contribution < 1.29 is 18.3 Å². The van der Waals surface area contributed by atoms with Crippen molar-refractivity contribution in [3.63, 3.8) is 0 Å². The zero-order valence-electron chi connectivity index (χ0n) is 18.6. The van der Waals surface area contributed by atoms with Gasteiger partial charge in [0.05, 0.1) is 18.5 Å². The lowest BCUT2D eigenvalue weighted by molar-refractivity contribution is -0.109. The Bertz CT molecular complexity index is 953. The molecule has 7 heteroatoms. The van der Waals surface area contributed by atoms with Gasteiger partial charge in [0.1, 0.15) is 23.7 Å². The lowest BCUT2D eigenvalue weighted by atomic mass is 10.3. The second kappa shape index (κ2) is 13.1. The monoisotopic (exact) mass is 441 g/mol. The maximum absolute atomic E-state index is 12.2. The van der Waals surface area contributed by atoms with Crippen LogP contribution < -0.4 is 10.1 Å². The molecule has 170 valence electrons. The summed E-state index contributed by atoms with van der Waals surface area (Å²) in [5.74, 6) is 1.74. The van der Waals surface area contributed by atoms with Crippen molar-refractivity contribution in [2.75, 3.05) is 19.0 Å². The molecule has 0 spiro atoms. The largest absolute Gasteiger partial charge is 0.490 e. The molecule has 1 heterocycles. The van der Waals surface area contributed by atoms with Crippen LogP contribution in [0.5, 0.6) is 5.75 Å². The molecule has 4 rings (SSSR count). The van der Waals surface area contributed by atoms with E-state index in [2.05, 4.69) is 15.3 Å². The topological polar surface area (TPSA) is 64.1 Å². The molecule has 2 atom stereocenters. The van der Waals surface area contributed by atoms with Gasteiger partial charge in [-0.2, -0.15) is 0 Å². The van der Waals surface area contributed by atoms with E-state index in [4.69, 9.17) is 4.74 Å². The molecule has 1 saturated carbocycles. The zero-order valence-corrected chi connectivity index (χ0v) is 18.6. The highest BCUT2D eigenvalue weighted by atomic mass is 19.1. The number of anilines is 1. The summed E-state index contributed by atoms with van der Waals surface area (Å²) in [6.07, 6.45) is 4.53. The highest BCUT2D eigenvalue weighted by Gasteiger charge is 2.37. The summed E-state index contributed by atoms with van der Waals surface area (Å²) in [6.45, 7) is 4.51. The van der Waals surface area contributed by atoms with Crippen molar-refractivity contribution >= 4 is 12.0 Å². The molecule has 2 aromatic carbocycles. The molecule has 0 saturated heterocycles. The average Bonchev–Trinajstić information content (AvgIpc) is 3.59. The van der Waals surface area contributed by atoms with Crippen LogP contribution in [-0.4, -0.2) is 29.9 Å². The first-order valence-corrected chi connectivity index (χ1v) is 10.5. The van der Waals surface area contributed by atoms with E-state index in [0.29, 0.717) is 12.5 Å². The van der Waals surface area contributed by atoms with Crippen LogP contribution in [0.2, 0.25) is 0 Å². The summed E-state index contributed by atoms with van der Waals surface area (Å²) in [7, 11) is 1.80. The van der Waals surface area contributed by atoms with Crippen molar-refractivity contribution in [2.45, 2.75) is 26.7 Å². The first-order chi connectivity index (χ1) is 15.5. The number of aromatic nitrogens is 2. The van der Waals surface area contributed by atoms with Crippen LogP contribution in [0.3, 0.4) is 0 Å². The van der Waals surface area contributed by atoms with E-state index >= 15 is 0 Å². The Labute approximate surface area is 187 Å². The fourth-order valence-corrected chi connectivity index (χ4v) is 2.74. The first-order valence-electron chi connectivity index (χ1n) is 10.5. The summed E-state index contributed by atoms with van der Waals surface area (Å²) in [5, 5.41) is 2.89. The van der Waals surface area contributed by atoms with Crippen molar-refractivity contribution in [2.24, 2.45) is 11.8 Å². The number of halogens is 2. The summed E-state index contributed by atoms with van der Waals surface area (Å²) < 4.78 is 29.8. The van der Waals surface area contributed by atoms with Crippen LogP contribution in [0, 0.1) is 30.4 Å². The van der Waals surface area contributed by atoms with Crippen LogP contribution in [0.15, 0.2) is 60.8 Å². The summed E-state index contributed by atoms with van der Waals surface area (Å²) >= 11 is 0. The lowest BCUT2D eigenvalue weighted by Crippen LogP contribution is -2.06.